The SMILES string of the molecule is COc1c(C)cc(C2(c3cc(C)c(OC(C)=O)c(C)c3)c3cc(CO)c(CO)cc3-c3cc4ccccc4cc32)cc1C. The lowest BCUT2D eigenvalue weighted by Gasteiger charge is -2.36. The number of hydrogen-bond acceptors (Lipinski definition) is 5. The van der Waals surface area contributed by atoms with E-state index in [1.807, 2.05) is 26.0 Å². The smallest absolute Gasteiger partial charge is 0.308 e. The van der Waals surface area contributed by atoms with E-state index in [0.717, 1.165) is 72.2 Å². The molecule has 6 rings (SSSR count). The summed E-state index contributed by atoms with van der Waals surface area (Å²) in [4.78, 5) is 12.0. The van der Waals surface area contributed by atoms with Crippen LogP contribution in [-0.2, 0) is 23.4 Å². The lowest BCUT2D eigenvalue weighted by Crippen LogP contribution is -2.29. The van der Waals surface area contributed by atoms with Gasteiger partial charge in [-0.1, -0.05) is 54.6 Å². The van der Waals surface area contributed by atoms with Crippen molar-refractivity contribution in [3.8, 4) is 22.6 Å². The molecule has 0 saturated carbocycles. The molecule has 0 saturated heterocycles. The number of methoxy groups -OCH3 is 1. The number of carbonyl (C=O) groups is 1. The number of aliphatic hydroxyl groups excluding tert-OH is 2. The van der Waals surface area contributed by atoms with Crippen molar-refractivity contribution in [2.45, 2.75) is 53.2 Å². The number of hydrogen-bond donors (Lipinski definition) is 2. The number of benzene rings is 5. The quantitative estimate of drug-likeness (QED) is 0.161. The number of carbonyl (C=O) groups excluding carboxylic acids is 1. The minimum atomic E-state index is -0.779. The molecule has 0 radical (unpaired) electrons. The van der Waals surface area contributed by atoms with Gasteiger partial charge >= 0.3 is 5.97 Å². The van der Waals surface area contributed by atoms with E-state index in [2.05, 4.69) is 74.5 Å². The van der Waals surface area contributed by atoms with E-state index >= 15 is 0 Å². The molecular formula is C38H36O5. The maximum atomic E-state index is 12.0. The molecule has 218 valence electrons. The van der Waals surface area contributed by atoms with Crippen LogP contribution in [0.5, 0.6) is 11.5 Å². The molecule has 0 fully saturated rings. The Kier molecular flexibility index (Phi) is 7.11. The number of ether oxygens (including phenoxy) is 2. The van der Waals surface area contributed by atoms with E-state index in [4.69, 9.17) is 9.47 Å². The van der Waals surface area contributed by atoms with Crippen molar-refractivity contribution in [2.24, 2.45) is 0 Å². The van der Waals surface area contributed by atoms with E-state index < -0.39 is 5.41 Å². The molecule has 0 aromatic heterocycles. The Morgan fingerprint density at radius 2 is 1.14 bits per heavy atom. The molecule has 0 heterocycles. The summed E-state index contributed by atoms with van der Waals surface area (Å²) in [5.74, 6) is 1.06. The predicted molar refractivity (Wildman–Crippen MR) is 170 cm³/mol. The van der Waals surface area contributed by atoms with Crippen LogP contribution in [0.1, 0.15) is 62.6 Å². The van der Waals surface area contributed by atoms with E-state index in [9.17, 15) is 15.0 Å². The van der Waals surface area contributed by atoms with Gasteiger partial charge in [0.05, 0.1) is 25.7 Å². The standard InChI is InChI=1S/C38H36O5/c1-21-11-30(12-22(2)36(21)42-6)38(31-13-23(3)37(24(4)14-31)43-25(5)41)34-17-27-10-8-7-9-26(27)15-32(34)33-16-28(19-39)29(20-40)18-35(33)38/h7-18,39-40H,19-20H2,1-6H3. The fraction of sp³-hybridized carbons (Fsp3) is 0.237. The van der Waals surface area contributed by atoms with Gasteiger partial charge in [-0.2, -0.15) is 0 Å². The van der Waals surface area contributed by atoms with Gasteiger partial charge in [-0.3, -0.25) is 4.79 Å². The minimum Gasteiger partial charge on any atom is -0.496 e. The maximum absolute atomic E-state index is 12.0. The summed E-state index contributed by atoms with van der Waals surface area (Å²) < 4.78 is 11.4. The zero-order valence-corrected chi connectivity index (χ0v) is 25.5. The van der Waals surface area contributed by atoms with Crippen LogP contribution in [0.2, 0.25) is 0 Å². The number of fused-ring (bicyclic) bond motifs is 4. The fourth-order valence-corrected chi connectivity index (χ4v) is 7.18. The van der Waals surface area contributed by atoms with Gasteiger partial charge in [-0.15, -0.1) is 0 Å². The third kappa shape index (κ3) is 4.34. The van der Waals surface area contributed by atoms with E-state index in [0.29, 0.717) is 16.9 Å². The second-order valence-corrected chi connectivity index (χ2v) is 11.7. The molecule has 0 spiro atoms. The molecule has 1 unspecified atom stereocenters. The number of rotatable bonds is 6. The second kappa shape index (κ2) is 10.7. The average molecular weight is 573 g/mol. The van der Waals surface area contributed by atoms with Crippen molar-refractivity contribution in [2.75, 3.05) is 7.11 Å². The van der Waals surface area contributed by atoms with Crippen LogP contribution in [0.15, 0.2) is 72.8 Å². The van der Waals surface area contributed by atoms with Gasteiger partial charge < -0.3 is 19.7 Å². The Labute approximate surface area is 252 Å². The van der Waals surface area contributed by atoms with Crippen LogP contribution < -0.4 is 9.47 Å². The summed E-state index contributed by atoms with van der Waals surface area (Å²) in [6, 6.07) is 25.6. The van der Waals surface area contributed by atoms with Crippen molar-refractivity contribution < 1.29 is 24.5 Å². The highest BCUT2D eigenvalue weighted by Gasteiger charge is 2.47. The molecular weight excluding hydrogens is 536 g/mol. The molecule has 1 atom stereocenters. The largest absolute Gasteiger partial charge is 0.496 e. The first-order chi connectivity index (χ1) is 20.6. The van der Waals surface area contributed by atoms with Crippen LogP contribution in [0, 0.1) is 27.7 Å². The van der Waals surface area contributed by atoms with Crippen molar-refractivity contribution in [1.82, 2.24) is 0 Å². The first kappa shape index (κ1) is 28.7. The summed E-state index contributed by atoms with van der Waals surface area (Å²) in [6.45, 7) is 9.12. The third-order valence-electron chi connectivity index (χ3n) is 8.90. The highest BCUT2D eigenvalue weighted by molar-refractivity contribution is 5.96. The van der Waals surface area contributed by atoms with Crippen LogP contribution in [0.25, 0.3) is 21.9 Å². The number of aryl methyl sites for hydroxylation is 4. The van der Waals surface area contributed by atoms with Crippen LogP contribution >= 0.6 is 0 Å². The van der Waals surface area contributed by atoms with E-state index in [-0.39, 0.29) is 19.2 Å². The summed E-state index contributed by atoms with van der Waals surface area (Å²) in [6.07, 6.45) is 0. The summed E-state index contributed by atoms with van der Waals surface area (Å²) in [7, 11) is 1.70. The normalized spacial score (nSPS) is 15.3. The Hall–Kier alpha value is -4.45. The van der Waals surface area contributed by atoms with Gasteiger partial charge in [0.2, 0.25) is 0 Å². The third-order valence-corrected chi connectivity index (χ3v) is 8.90. The van der Waals surface area contributed by atoms with Crippen LogP contribution in [-0.4, -0.2) is 23.3 Å². The molecule has 0 aliphatic heterocycles. The van der Waals surface area contributed by atoms with Crippen molar-refractivity contribution >= 4 is 16.7 Å². The second-order valence-electron chi connectivity index (χ2n) is 11.7. The molecule has 0 bridgehead atoms. The molecule has 0 amide bonds. The number of esters is 1. The number of aliphatic hydroxyl groups is 2. The van der Waals surface area contributed by atoms with Gasteiger partial charge in [-0.05, 0) is 123 Å². The average Bonchev–Trinajstić information content (AvgIpc) is 3.25. The minimum absolute atomic E-state index is 0.171. The zero-order chi connectivity index (χ0) is 30.6. The van der Waals surface area contributed by atoms with Gasteiger partial charge in [0.1, 0.15) is 11.5 Å². The molecule has 5 nitrogen and oxygen atoms in total. The molecule has 5 heteroatoms. The first-order valence-corrected chi connectivity index (χ1v) is 14.5. The van der Waals surface area contributed by atoms with Crippen molar-refractivity contribution in [3.05, 3.63) is 128 Å². The highest BCUT2D eigenvalue weighted by atomic mass is 16.5. The van der Waals surface area contributed by atoms with Gasteiger partial charge in [0, 0.05) is 6.92 Å². The monoisotopic (exact) mass is 572 g/mol. The van der Waals surface area contributed by atoms with Crippen molar-refractivity contribution in [1.29, 1.82) is 0 Å². The molecule has 2 N–H and O–H groups in total. The lowest BCUT2D eigenvalue weighted by atomic mass is 9.66. The summed E-state index contributed by atoms with van der Waals surface area (Å²) in [5.41, 5.74) is 10.7. The Balaban J connectivity index is 1.83. The van der Waals surface area contributed by atoms with Gasteiger partial charge in [0.25, 0.3) is 0 Å². The molecule has 1 aliphatic carbocycles. The highest BCUT2D eigenvalue weighted by Crippen LogP contribution is 2.58. The molecule has 5 aromatic rings. The van der Waals surface area contributed by atoms with Crippen LogP contribution in [0.4, 0.5) is 0 Å². The Bertz CT molecular complexity index is 1890. The molecule has 5 aromatic carbocycles. The van der Waals surface area contributed by atoms with Crippen LogP contribution in [0.3, 0.4) is 0 Å². The Morgan fingerprint density at radius 3 is 1.65 bits per heavy atom. The predicted octanol–water partition coefficient (Wildman–Crippen LogP) is 7.36. The van der Waals surface area contributed by atoms with Crippen molar-refractivity contribution in [3.63, 3.8) is 0 Å². The molecule has 43 heavy (non-hydrogen) atoms. The van der Waals surface area contributed by atoms with E-state index in [1.54, 1.807) is 7.11 Å². The topological polar surface area (TPSA) is 76.0 Å². The van der Waals surface area contributed by atoms with E-state index in [1.165, 1.54) is 6.92 Å². The van der Waals surface area contributed by atoms with Gasteiger partial charge in [0.15, 0.2) is 0 Å². The summed E-state index contributed by atoms with van der Waals surface area (Å²) in [5, 5.41) is 23.0. The summed E-state index contributed by atoms with van der Waals surface area (Å²) >= 11 is 0. The fourth-order valence-electron chi connectivity index (χ4n) is 7.18. The Morgan fingerprint density at radius 1 is 0.674 bits per heavy atom. The lowest BCUT2D eigenvalue weighted by molar-refractivity contribution is -0.131. The van der Waals surface area contributed by atoms with Gasteiger partial charge in [-0.25, -0.2) is 0 Å². The molecule has 1 aliphatic rings. The first-order valence-electron chi connectivity index (χ1n) is 14.5. The maximum Gasteiger partial charge on any atom is 0.308 e. The zero-order valence-electron chi connectivity index (χ0n) is 25.5.